The van der Waals surface area contributed by atoms with Crippen molar-refractivity contribution in [2.24, 2.45) is 0 Å². The summed E-state index contributed by atoms with van der Waals surface area (Å²) in [6.07, 6.45) is 2.32. The number of rotatable bonds is 4. The number of carbonyl (C=O) groups is 1. The molecule has 1 fully saturated rings. The van der Waals surface area contributed by atoms with E-state index in [1.807, 2.05) is 11.8 Å². The third kappa shape index (κ3) is 3.94. The summed E-state index contributed by atoms with van der Waals surface area (Å²) < 4.78 is 18.2. The highest BCUT2D eigenvalue weighted by Crippen LogP contribution is 2.18. The summed E-state index contributed by atoms with van der Waals surface area (Å²) in [5.41, 5.74) is 0.837. The number of hydrogen-bond acceptors (Lipinski definition) is 4. The fourth-order valence-corrected chi connectivity index (χ4v) is 3.21. The molecule has 0 bridgehead atoms. The van der Waals surface area contributed by atoms with E-state index >= 15 is 0 Å². The molecule has 0 aromatic heterocycles. The van der Waals surface area contributed by atoms with Gasteiger partial charge in [-0.25, -0.2) is 9.18 Å². The molecule has 1 heterocycles. The number of ether oxygens (including phenoxy) is 1. The molecule has 0 aliphatic carbocycles. The maximum absolute atomic E-state index is 13.7. The normalized spacial score (nSPS) is 16.3. The molecule has 0 saturated carbocycles. The monoisotopic (exact) mass is 283 g/mol. The minimum Gasteiger partial charge on any atom is -0.465 e. The van der Waals surface area contributed by atoms with E-state index in [1.165, 1.54) is 30.7 Å². The smallest absolute Gasteiger partial charge is 0.340 e. The maximum atomic E-state index is 13.7. The minimum absolute atomic E-state index is 0.0136. The van der Waals surface area contributed by atoms with Crippen LogP contribution in [0.25, 0.3) is 0 Å². The van der Waals surface area contributed by atoms with Gasteiger partial charge in [0.25, 0.3) is 0 Å². The summed E-state index contributed by atoms with van der Waals surface area (Å²) >= 11 is 1.98. The van der Waals surface area contributed by atoms with Crippen molar-refractivity contribution >= 4 is 17.7 Å². The predicted molar refractivity (Wildman–Crippen MR) is 74.9 cm³/mol. The van der Waals surface area contributed by atoms with Gasteiger partial charge in [0.1, 0.15) is 5.82 Å². The number of methoxy groups -OCH3 is 1. The number of thioether (sulfide) groups is 1. The van der Waals surface area contributed by atoms with Gasteiger partial charge >= 0.3 is 5.97 Å². The summed E-state index contributed by atoms with van der Waals surface area (Å²) in [7, 11) is 1.25. The van der Waals surface area contributed by atoms with Crippen LogP contribution in [0.5, 0.6) is 0 Å². The summed E-state index contributed by atoms with van der Waals surface area (Å²) in [5, 5.41) is 3.43. The van der Waals surface area contributed by atoms with Crippen LogP contribution in [0.4, 0.5) is 4.39 Å². The quantitative estimate of drug-likeness (QED) is 0.862. The van der Waals surface area contributed by atoms with Gasteiger partial charge in [0, 0.05) is 12.6 Å². The van der Waals surface area contributed by atoms with Crippen molar-refractivity contribution in [2.75, 3.05) is 18.6 Å². The zero-order valence-corrected chi connectivity index (χ0v) is 11.8. The molecule has 1 aromatic rings. The summed E-state index contributed by atoms with van der Waals surface area (Å²) in [6, 6.07) is 5.16. The molecular weight excluding hydrogens is 265 g/mol. The minimum atomic E-state index is -0.638. The van der Waals surface area contributed by atoms with Crippen LogP contribution in [-0.2, 0) is 11.3 Å². The second kappa shape index (κ2) is 6.91. The van der Waals surface area contributed by atoms with Crippen LogP contribution in [0.15, 0.2) is 18.2 Å². The van der Waals surface area contributed by atoms with Crippen molar-refractivity contribution in [3.63, 3.8) is 0 Å². The SMILES string of the molecule is COC(=O)c1ccc(CNC2CCSCC2)cc1F. The van der Waals surface area contributed by atoms with Gasteiger partial charge in [-0.2, -0.15) is 11.8 Å². The number of hydrogen-bond donors (Lipinski definition) is 1. The van der Waals surface area contributed by atoms with Gasteiger partial charge < -0.3 is 10.1 Å². The Morgan fingerprint density at radius 1 is 1.47 bits per heavy atom. The van der Waals surface area contributed by atoms with Gasteiger partial charge in [0.05, 0.1) is 12.7 Å². The zero-order valence-electron chi connectivity index (χ0n) is 10.9. The van der Waals surface area contributed by atoms with Crippen molar-refractivity contribution < 1.29 is 13.9 Å². The van der Waals surface area contributed by atoms with Gasteiger partial charge in [-0.3, -0.25) is 0 Å². The van der Waals surface area contributed by atoms with Gasteiger partial charge in [-0.1, -0.05) is 6.07 Å². The van der Waals surface area contributed by atoms with Crippen molar-refractivity contribution in [2.45, 2.75) is 25.4 Å². The molecule has 1 aromatic carbocycles. The van der Waals surface area contributed by atoms with E-state index in [-0.39, 0.29) is 5.56 Å². The zero-order chi connectivity index (χ0) is 13.7. The van der Waals surface area contributed by atoms with Crippen LogP contribution < -0.4 is 5.32 Å². The first-order chi connectivity index (χ1) is 9.20. The third-order valence-corrected chi connectivity index (χ3v) is 4.30. The van der Waals surface area contributed by atoms with Gasteiger partial charge in [0.15, 0.2) is 0 Å². The number of carbonyl (C=O) groups excluding carboxylic acids is 1. The Balaban J connectivity index is 1.94. The lowest BCUT2D eigenvalue weighted by atomic mass is 10.1. The van der Waals surface area contributed by atoms with Crippen LogP contribution in [0, 0.1) is 5.82 Å². The first kappa shape index (κ1) is 14.3. The Hall–Kier alpha value is -1.07. The van der Waals surface area contributed by atoms with E-state index in [9.17, 15) is 9.18 Å². The predicted octanol–water partition coefficient (Wildman–Crippen LogP) is 2.60. The van der Waals surface area contributed by atoms with Crippen molar-refractivity contribution in [1.82, 2.24) is 5.32 Å². The van der Waals surface area contributed by atoms with E-state index in [4.69, 9.17) is 0 Å². The Labute approximate surface area is 116 Å². The summed E-state index contributed by atoms with van der Waals surface area (Å²) in [6.45, 7) is 0.633. The van der Waals surface area contributed by atoms with E-state index in [0.717, 1.165) is 18.4 Å². The molecule has 1 aliphatic heterocycles. The summed E-state index contributed by atoms with van der Waals surface area (Å²) in [5.74, 6) is 1.22. The largest absolute Gasteiger partial charge is 0.465 e. The molecule has 0 amide bonds. The van der Waals surface area contributed by atoms with E-state index in [2.05, 4.69) is 10.1 Å². The highest BCUT2D eigenvalue weighted by atomic mass is 32.2. The number of esters is 1. The second-order valence-electron chi connectivity index (χ2n) is 4.57. The lowest BCUT2D eigenvalue weighted by Gasteiger charge is -2.22. The number of halogens is 1. The molecule has 1 N–H and O–H groups in total. The molecule has 3 nitrogen and oxygen atoms in total. The Kier molecular flexibility index (Phi) is 5.22. The summed E-state index contributed by atoms with van der Waals surface area (Å²) in [4.78, 5) is 11.3. The standard InChI is InChI=1S/C14H18FNO2S/c1-18-14(17)12-3-2-10(8-13(12)15)9-16-11-4-6-19-7-5-11/h2-3,8,11,16H,4-7,9H2,1H3. The molecule has 1 saturated heterocycles. The average molecular weight is 283 g/mol. The third-order valence-electron chi connectivity index (χ3n) is 3.25. The molecule has 19 heavy (non-hydrogen) atoms. The Morgan fingerprint density at radius 3 is 2.84 bits per heavy atom. The van der Waals surface area contributed by atoms with Crippen molar-refractivity contribution in [3.8, 4) is 0 Å². The topological polar surface area (TPSA) is 38.3 Å². The van der Waals surface area contributed by atoms with E-state index in [0.29, 0.717) is 12.6 Å². The fourth-order valence-electron chi connectivity index (χ4n) is 2.11. The second-order valence-corrected chi connectivity index (χ2v) is 5.80. The van der Waals surface area contributed by atoms with Gasteiger partial charge in [-0.05, 0) is 42.0 Å². The van der Waals surface area contributed by atoms with E-state index in [1.54, 1.807) is 6.07 Å². The Morgan fingerprint density at radius 2 is 2.21 bits per heavy atom. The highest BCUT2D eigenvalue weighted by Gasteiger charge is 2.14. The van der Waals surface area contributed by atoms with Crippen molar-refractivity contribution in [3.05, 3.63) is 35.1 Å². The molecule has 2 rings (SSSR count). The Bertz CT molecular complexity index is 447. The molecule has 0 unspecified atom stereocenters. The maximum Gasteiger partial charge on any atom is 0.340 e. The van der Waals surface area contributed by atoms with Gasteiger partial charge in [0.2, 0.25) is 0 Å². The molecule has 0 radical (unpaired) electrons. The number of nitrogens with one attached hydrogen (secondary N) is 1. The first-order valence-corrected chi connectivity index (χ1v) is 7.54. The van der Waals surface area contributed by atoms with Crippen LogP contribution in [-0.4, -0.2) is 30.6 Å². The van der Waals surface area contributed by atoms with Crippen LogP contribution in [0.2, 0.25) is 0 Å². The first-order valence-electron chi connectivity index (χ1n) is 6.38. The lowest BCUT2D eigenvalue weighted by molar-refractivity contribution is 0.0595. The van der Waals surface area contributed by atoms with Crippen LogP contribution in [0.3, 0.4) is 0 Å². The fraction of sp³-hybridized carbons (Fsp3) is 0.500. The van der Waals surface area contributed by atoms with Crippen LogP contribution in [0.1, 0.15) is 28.8 Å². The van der Waals surface area contributed by atoms with Gasteiger partial charge in [-0.15, -0.1) is 0 Å². The average Bonchev–Trinajstić information content (AvgIpc) is 2.45. The van der Waals surface area contributed by atoms with Crippen molar-refractivity contribution in [1.29, 1.82) is 0 Å². The highest BCUT2D eigenvalue weighted by molar-refractivity contribution is 7.99. The van der Waals surface area contributed by atoms with E-state index < -0.39 is 11.8 Å². The number of benzene rings is 1. The molecular formula is C14H18FNO2S. The molecule has 1 aliphatic rings. The molecule has 5 heteroatoms. The lowest BCUT2D eigenvalue weighted by Crippen LogP contribution is -2.32. The molecule has 0 atom stereocenters. The van der Waals surface area contributed by atoms with Crippen LogP contribution >= 0.6 is 11.8 Å². The molecule has 0 spiro atoms. The molecule has 104 valence electrons.